The van der Waals surface area contributed by atoms with Crippen molar-refractivity contribution in [3.8, 4) is 0 Å². The fourth-order valence-corrected chi connectivity index (χ4v) is 6.02. The minimum absolute atomic E-state index is 0.0316. The second-order valence-electron chi connectivity index (χ2n) is 9.45. The number of anilines is 1. The van der Waals surface area contributed by atoms with Gasteiger partial charge in [0.2, 0.25) is 11.8 Å². The molecule has 3 aromatic rings. The lowest BCUT2D eigenvalue weighted by Gasteiger charge is -2.25. The van der Waals surface area contributed by atoms with Crippen LogP contribution in [-0.4, -0.2) is 38.2 Å². The molecule has 1 aliphatic heterocycles. The first-order valence-corrected chi connectivity index (χ1v) is 14.3. The largest absolute Gasteiger partial charge is 0.417 e. The summed E-state index contributed by atoms with van der Waals surface area (Å²) in [6.07, 6.45) is -3.57. The Labute approximate surface area is 235 Å². The van der Waals surface area contributed by atoms with Gasteiger partial charge in [0.1, 0.15) is 6.54 Å². The van der Waals surface area contributed by atoms with Crippen LogP contribution in [0.4, 0.5) is 18.9 Å². The summed E-state index contributed by atoms with van der Waals surface area (Å²) in [5.41, 5.74) is 0.759. The van der Waals surface area contributed by atoms with E-state index in [0.29, 0.717) is 29.9 Å². The van der Waals surface area contributed by atoms with Crippen molar-refractivity contribution >= 4 is 39.1 Å². The third kappa shape index (κ3) is 6.76. The molecule has 0 radical (unpaired) electrons. The molecule has 1 aliphatic rings. The van der Waals surface area contributed by atoms with Gasteiger partial charge in [0.05, 0.1) is 21.2 Å². The topological polar surface area (TPSA) is 86.8 Å². The molecule has 40 heavy (non-hydrogen) atoms. The van der Waals surface area contributed by atoms with Crippen molar-refractivity contribution in [2.24, 2.45) is 0 Å². The Morgan fingerprint density at radius 3 is 2.35 bits per heavy atom. The van der Waals surface area contributed by atoms with Gasteiger partial charge in [-0.2, -0.15) is 13.2 Å². The first-order chi connectivity index (χ1) is 18.9. The van der Waals surface area contributed by atoms with Gasteiger partial charge in [-0.25, -0.2) is 8.42 Å². The summed E-state index contributed by atoms with van der Waals surface area (Å²) in [5, 5.41) is 2.07. The maximum atomic E-state index is 13.6. The van der Waals surface area contributed by atoms with Gasteiger partial charge in [0.25, 0.3) is 10.0 Å². The number of hydrogen-bond donors (Lipinski definition) is 1. The number of nitrogens with zero attached hydrogens (tertiary/aromatic N) is 2. The summed E-state index contributed by atoms with van der Waals surface area (Å²) in [5.74, 6) is -0.678. The summed E-state index contributed by atoms with van der Waals surface area (Å²) in [4.78, 5) is 26.7. The van der Waals surface area contributed by atoms with Crippen molar-refractivity contribution in [1.82, 2.24) is 10.2 Å². The van der Waals surface area contributed by atoms with Gasteiger partial charge in [-0.3, -0.25) is 13.9 Å². The monoisotopic (exact) mass is 593 g/mol. The first-order valence-electron chi connectivity index (χ1n) is 12.4. The van der Waals surface area contributed by atoms with Crippen LogP contribution in [0.15, 0.2) is 71.6 Å². The second-order valence-corrected chi connectivity index (χ2v) is 11.7. The minimum atomic E-state index is -4.84. The van der Waals surface area contributed by atoms with Crippen LogP contribution in [0.2, 0.25) is 5.02 Å². The molecule has 0 unspecified atom stereocenters. The number of nitrogens with one attached hydrogen (secondary N) is 1. The van der Waals surface area contributed by atoms with E-state index in [9.17, 15) is 31.2 Å². The Kier molecular flexibility index (Phi) is 8.74. The summed E-state index contributed by atoms with van der Waals surface area (Å²) >= 11 is 5.75. The molecule has 1 heterocycles. The molecular formula is C28H27ClF3N3O4S. The number of halogens is 4. The summed E-state index contributed by atoms with van der Waals surface area (Å²) < 4.78 is 68.5. The number of hydrogen-bond acceptors (Lipinski definition) is 4. The Hall–Kier alpha value is -3.57. The molecule has 0 atom stereocenters. The number of benzene rings is 3. The smallest absolute Gasteiger partial charge is 0.350 e. The van der Waals surface area contributed by atoms with Gasteiger partial charge in [-0.15, -0.1) is 0 Å². The zero-order chi connectivity index (χ0) is 29.1. The van der Waals surface area contributed by atoms with Crippen LogP contribution in [0.3, 0.4) is 0 Å². The van der Waals surface area contributed by atoms with Gasteiger partial charge in [0, 0.05) is 26.1 Å². The zero-order valence-electron chi connectivity index (χ0n) is 21.5. The van der Waals surface area contributed by atoms with Gasteiger partial charge in [0.15, 0.2) is 0 Å². The molecule has 4 rings (SSSR count). The van der Waals surface area contributed by atoms with Crippen LogP contribution in [-0.2, 0) is 38.9 Å². The summed E-state index contributed by atoms with van der Waals surface area (Å²) in [7, 11) is -4.44. The maximum Gasteiger partial charge on any atom is 0.417 e. The number of carbonyl (C=O) groups is 2. The Morgan fingerprint density at radius 2 is 1.73 bits per heavy atom. The van der Waals surface area contributed by atoms with E-state index in [1.807, 2.05) is 12.1 Å². The Morgan fingerprint density at radius 1 is 1.05 bits per heavy atom. The van der Waals surface area contributed by atoms with Crippen molar-refractivity contribution in [3.05, 3.63) is 94.0 Å². The highest BCUT2D eigenvalue weighted by atomic mass is 35.5. The molecule has 212 valence electrons. The van der Waals surface area contributed by atoms with Gasteiger partial charge in [-0.05, 0) is 54.8 Å². The molecule has 12 heteroatoms. The number of rotatable bonds is 9. The quantitative estimate of drug-likeness (QED) is 0.365. The normalized spacial score (nSPS) is 13.9. The van der Waals surface area contributed by atoms with Crippen molar-refractivity contribution in [2.45, 2.75) is 43.9 Å². The fraction of sp³-hybridized carbons (Fsp3) is 0.286. The maximum absolute atomic E-state index is 13.6. The van der Waals surface area contributed by atoms with Crippen LogP contribution >= 0.6 is 11.6 Å². The number of sulfonamides is 1. The van der Waals surface area contributed by atoms with Gasteiger partial charge in [-0.1, -0.05) is 53.6 Å². The molecular weight excluding hydrogens is 567 g/mol. The lowest BCUT2D eigenvalue weighted by molar-refractivity contribution is -0.137. The van der Waals surface area contributed by atoms with Gasteiger partial charge < -0.3 is 10.2 Å². The molecule has 0 aliphatic carbocycles. The fourth-order valence-electron chi connectivity index (χ4n) is 4.38. The minimum Gasteiger partial charge on any atom is -0.350 e. The third-order valence-corrected chi connectivity index (χ3v) is 8.68. The molecule has 0 saturated carbocycles. The molecule has 1 saturated heterocycles. The van der Waals surface area contributed by atoms with E-state index in [4.69, 9.17) is 11.6 Å². The molecule has 1 N–H and O–H groups in total. The highest BCUT2D eigenvalue weighted by Gasteiger charge is 2.35. The van der Waals surface area contributed by atoms with Crippen LogP contribution in [0.5, 0.6) is 0 Å². The van der Waals surface area contributed by atoms with Crippen LogP contribution in [0.25, 0.3) is 0 Å². The molecule has 2 amide bonds. The van der Waals surface area contributed by atoms with Crippen LogP contribution in [0.1, 0.15) is 35.1 Å². The van der Waals surface area contributed by atoms with Crippen molar-refractivity contribution in [2.75, 3.05) is 17.4 Å². The van der Waals surface area contributed by atoms with E-state index in [0.717, 1.165) is 35.2 Å². The highest BCUT2D eigenvalue weighted by molar-refractivity contribution is 7.92. The SMILES string of the molecule is Cc1ccc(S(=O)(=O)N(CC(=O)NCc2ccccc2CN2CCCC2=O)c2ccc(Cl)c(C(F)(F)F)c2)cc1. The molecule has 0 spiro atoms. The third-order valence-electron chi connectivity index (χ3n) is 6.57. The Bertz CT molecular complexity index is 1510. The second kappa shape index (κ2) is 11.9. The van der Waals surface area contributed by atoms with E-state index < -0.39 is 39.2 Å². The Balaban J connectivity index is 1.60. The van der Waals surface area contributed by atoms with Crippen molar-refractivity contribution < 1.29 is 31.2 Å². The lowest BCUT2D eigenvalue weighted by Crippen LogP contribution is -2.41. The number of aryl methyl sites for hydroxylation is 1. The lowest BCUT2D eigenvalue weighted by atomic mass is 10.1. The molecule has 3 aromatic carbocycles. The highest BCUT2D eigenvalue weighted by Crippen LogP contribution is 2.38. The zero-order valence-corrected chi connectivity index (χ0v) is 23.1. The average molecular weight is 594 g/mol. The first kappa shape index (κ1) is 29.4. The van der Waals surface area contributed by atoms with Crippen molar-refractivity contribution in [3.63, 3.8) is 0 Å². The molecule has 1 fully saturated rings. The van der Waals surface area contributed by atoms with E-state index in [1.165, 1.54) is 12.1 Å². The number of amides is 2. The van der Waals surface area contributed by atoms with Crippen molar-refractivity contribution in [1.29, 1.82) is 0 Å². The van der Waals surface area contributed by atoms with Gasteiger partial charge >= 0.3 is 6.18 Å². The predicted octanol–water partition coefficient (Wildman–Crippen LogP) is 5.30. The summed E-state index contributed by atoms with van der Waals surface area (Å²) in [6.45, 7) is 2.04. The van der Waals surface area contributed by atoms with E-state index in [2.05, 4.69) is 5.32 Å². The van der Waals surface area contributed by atoms with Crippen LogP contribution < -0.4 is 9.62 Å². The number of alkyl halides is 3. The number of carbonyl (C=O) groups excluding carboxylic acids is 2. The average Bonchev–Trinajstić information content (AvgIpc) is 3.30. The van der Waals surface area contributed by atoms with E-state index in [1.54, 1.807) is 36.1 Å². The predicted molar refractivity (Wildman–Crippen MR) is 145 cm³/mol. The standard InChI is InChI=1S/C28H27ClF3N3O4S/c1-19-8-11-23(12-9-19)40(38,39)35(22-10-13-25(29)24(15-22)28(30,31)32)18-26(36)33-16-20-5-2-3-6-21(20)17-34-14-4-7-27(34)37/h2-3,5-6,8-13,15H,4,7,14,16-18H2,1H3,(H,33,36). The van der Waals surface area contributed by atoms with Crippen LogP contribution in [0, 0.1) is 6.92 Å². The summed E-state index contributed by atoms with van der Waals surface area (Å²) in [6, 6.07) is 15.7. The van der Waals surface area contributed by atoms with E-state index in [-0.39, 0.29) is 23.0 Å². The molecule has 0 bridgehead atoms. The molecule has 7 nitrogen and oxygen atoms in total. The van der Waals surface area contributed by atoms with E-state index >= 15 is 0 Å². The molecule has 0 aromatic heterocycles. The number of likely N-dealkylation sites (tertiary alicyclic amines) is 1.